The Morgan fingerprint density at radius 2 is 1.80 bits per heavy atom. The Kier molecular flexibility index (Phi) is 6.44. The van der Waals surface area contributed by atoms with Crippen molar-refractivity contribution in [3.05, 3.63) is 70.1 Å². The number of hydrogen-bond donors (Lipinski definition) is 1. The summed E-state index contributed by atoms with van der Waals surface area (Å²) in [6, 6.07) is 12.5. The minimum Gasteiger partial charge on any atom is -0.435 e. The summed E-state index contributed by atoms with van der Waals surface area (Å²) in [6.45, 7) is 3.10. The fourth-order valence-corrected chi connectivity index (χ4v) is 3.18. The zero-order valence-corrected chi connectivity index (χ0v) is 16.9. The van der Waals surface area contributed by atoms with E-state index in [4.69, 9.17) is 0 Å². The van der Waals surface area contributed by atoms with Crippen LogP contribution in [0.5, 0.6) is 5.75 Å². The Labute approximate surface area is 172 Å². The van der Waals surface area contributed by atoms with Crippen LogP contribution < -0.4 is 15.6 Å². The van der Waals surface area contributed by atoms with Crippen LogP contribution in [0.4, 0.5) is 8.78 Å². The van der Waals surface area contributed by atoms with Crippen molar-refractivity contribution in [2.45, 2.75) is 40.0 Å². The molecule has 3 rings (SSSR count). The maximum absolute atomic E-state index is 13.0. The van der Waals surface area contributed by atoms with Crippen molar-refractivity contribution in [1.82, 2.24) is 15.1 Å². The molecule has 158 valence electrons. The molecule has 0 spiro atoms. The van der Waals surface area contributed by atoms with Gasteiger partial charge in [0.15, 0.2) is 5.69 Å². The zero-order valence-electron chi connectivity index (χ0n) is 16.9. The summed E-state index contributed by atoms with van der Waals surface area (Å²) in [5, 5.41) is 8.01. The van der Waals surface area contributed by atoms with Crippen molar-refractivity contribution in [2.75, 3.05) is 0 Å². The van der Waals surface area contributed by atoms with E-state index in [-0.39, 0.29) is 22.9 Å². The number of hydrogen-bond acceptors (Lipinski definition) is 4. The van der Waals surface area contributed by atoms with Crippen LogP contribution in [0.3, 0.4) is 0 Å². The van der Waals surface area contributed by atoms with E-state index in [2.05, 4.69) is 15.2 Å². The first-order valence-corrected chi connectivity index (χ1v) is 9.61. The monoisotopic (exact) mass is 415 g/mol. The molecule has 0 saturated heterocycles. The van der Waals surface area contributed by atoms with Gasteiger partial charge in [0.25, 0.3) is 11.5 Å². The first-order chi connectivity index (χ1) is 14.3. The number of nitrogens with one attached hydrogen (secondary N) is 1. The molecule has 0 aliphatic rings. The Bertz CT molecular complexity index is 1110. The van der Waals surface area contributed by atoms with Crippen LogP contribution in [0.2, 0.25) is 0 Å². The standard InChI is InChI=1S/C22H23F2N3O3/c1-13(2)12-27-21(29)18-10-5-4-9-17(18)19(26-27)20(28)25-14(3)15-7-6-8-16(11-15)30-22(23)24/h4-11,13-14,22H,12H2,1-3H3,(H,25,28). The van der Waals surface area contributed by atoms with E-state index in [9.17, 15) is 18.4 Å². The Hall–Kier alpha value is -3.29. The molecular weight excluding hydrogens is 392 g/mol. The molecular formula is C22H23F2N3O3. The largest absolute Gasteiger partial charge is 0.435 e. The van der Waals surface area contributed by atoms with E-state index in [1.807, 2.05) is 13.8 Å². The summed E-state index contributed by atoms with van der Waals surface area (Å²) >= 11 is 0. The van der Waals surface area contributed by atoms with Gasteiger partial charge in [0.2, 0.25) is 0 Å². The predicted molar refractivity (Wildman–Crippen MR) is 110 cm³/mol. The molecule has 0 fully saturated rings. The Morgan fingerprint density at radius 3 is 2.47 bits per heavy atom. The van der Waals surface area contributed by atoms with Crippen LogP contribution in [-0.2, 0) is 6.54 Å². The van der Waals surface area contributed by atoms with Crippen molar-refractivity contribution >= 4 is 16.7 Å². The van der Waals surface area contributed by atoms with E-state index in [1.165, 1.54) is 16.8 Å². The lowest BCUT2D eigenvalue weighted by Crippen LogP contribution is -2.32. The van der Waals surface area contributed by atoms with Gasteiger partial charge < -0.3 is 10.1 Å². The van der Waals surface area contributed by atoms with Crippen molar-refractivity contribution in [1.29, 1.82) is 0 Å². The number of carbonyl (C=O) groups is 1. The number of benzene rings is 2. The summed E-state index contributed by atoms with van der Waals surface area (Å²) in [5.41, 5.74) is 0.486. The fourth-order valence-electron chi connectivity index (χ4n) is 3.18. The number of alkyl halides is 2. The minimum atomic E-state index is -2.93. The number of halogens is 2. The number of amides is 1. The lowest BCUT2D eigenvalue weighted by molar-refractivity contribution is -0.0499. The molecule has 3 aromatic rings. The third-order valence-corrected chi connectivity index (χ3v) is 4.55. The highest BCUT2D eigenvalue weighted by Crippen LogP contribution is 2.22. The highest BCUT2D eigenvalue weighted by molar-refractivity contribution is 6.04. The average molecular weight is 415 g/mol. The summed E-state index contributed by atoms with van der Waals surface area (Å²) in [7, 11) is 0. The lowest BCUT2D eigenvalue weighted by Gasteiger charge is -2.17. The number of aromatic nitrogens is 2. The van der Waals surface area contributed by atoms with E-state index < -0.39 is 18.6 Å². The van der Waals surface area contributed by atoms with Gasteiger partial charge in [-0.2, -0.15) is 13.9 Å². The fraction of sp³-hybridized carbons (Fsp3) is 0.318. The van der Waals surface area contributed by atoms with Crippen LogP contribution >= 0.6 is 0 Å². The van der Waals surface area contributed by atoms with Crippen molar-refractivity contribution in [3.8, 4) is 5.75 Å². The topological polar surface area (TPSA) is 73.2 Å². The number of rotatable bonds is 7. The van der Waals surface area contributed by atoms with Crippen LogP contribution in [-0.4, -0.2) is 22.3 Å². The van der Waals surface area contributed by atoms with E-state index >= 15 is 0 Å². The first kappa shape index (κ1) is 21.4. The number of fused-ring (bicyclic) bond motifs is 1. The lowest BCUT2D eigenvalue weighted by atomic mass is 10.1. The molecule has 2 aromatic carbocycles. The number of ether oxygens (including phenoxy) is 1. The minimum absolute atomic E-state index is 0.0117. The third-order valence-electron chi connectivity index (χ3n) is 4.55. The second-order valence-corrected chi connectivity index (χ2v) is 7.42. The van der Waals surface area contributed by atoms with Crippen molar-refractivity contribution < 1.29 is 18.3 Å². The molecule has 6 nitrogen and oxygen atoms in total. The van der Waals surface area contributed by atoms with Crippen molar-refractivity contribution in [2.24, 2.45) is 5.92 Å². The molecule has 0 aliphatic carbocycles. The molecule has 1 unspecified atom stereocenters. The Balaban J connectivity index is 1.93. The molecule has 30 heavy (non-hydrogen) atoms. The number of carbonyl (C=O) groups excluding carboxylic acids is 1. The summed E-state index contributed by atoms with van der Waals surface area (Å²) in [6.07, 6.45) is 0. The van der Waals surface area contributed by atoms with Gasteiger partial charge in [-0.05, 0) is 36.6 Å². The molecule has 1 amide bonds. The maximum Gasteiger partial charge on any atom is 0.387 e. The van der Waals surface area contributed by atoms with Gasteiger partial charge in [-0.25, -0.2) is 4.68 Å². The summed E-state index contributed by atoms with van der Waals surface area (Å²) in [5.74, 6) is -0.280. The van der Waals surface area contributed by atoms with Gasteiger partial charge in [-0.3, -0.25) is 9.59 Å². The molecule has 0 aliphatic heterocycles. The van der Waals surface area contributed by atoms with Gasteiger partial charge in [-0.15, -0.1) is 0 Å². The zero-order chi connectivity index (χ0) is 21.8. The quantitative estimate of drug-likeness (QED) is 0.629. The SMILES string of the molecule is CC(C)Cn1nc(C(=O)NC(C)c2cccc(OC(F)F)c2)c2ccccc2c1=O. The molecule has 0 bridgehead atoms. The molecule has 1 aromatic heterocycles. The maximum atomic E-state index is 13.0. The average Bonchev–Trinajstić information content (AvgIpc) is 2.69. The molecule has 0 radical (unpaired) electrons. The predicted octanol–water partition coefficient (Wildman–Crippen LogP) is 4.14. The van der Waals surface area contributed by atoms with Crippen LogP contribution in [0, 0.1) is 5.92 Å². The smallest absolute Gasteiger partial charge is 0.387 e. The van der Waals surface area contributed by atoms with Gasteiger partial charge in [0.1, 0.15) is 5.75 Å². The molecule has 1 N–H and O–H groups in total. The van der Waals surface area contributed by atoms with E-state index in [1.54, 1.807) is 43.3 Å². The van der Waals surface area contributed by atoms with Gasteiger partial charge in [0.05, 0.1) is 11.4 Å². The molecule has 8 heteroatoms. The summed E-state index contributed by atoms with van der Waals surface area (Å²) in [4.78, 5) is 25.7. The van der Waals surface area contributed by atoms with Crippen LogP contribution in [0.25, 0.3) is 10.8 Å². The first-order valence-electron chi connectivity index (χ1n) is 9.61. The molecule has 1 atom stereocenters. The van der Waals surface area contributed by atoms with E-state index in [0.717, 1.165) is 0 Å². The van der Waals surface area contributed by atoms with Crippen LogP contribution in [0.15, 0.2) is 53.3 Å². The third kappa shape index (κ3) is 4.82. The summed E-state index contributed by atoms with van der Waals surface area (Å²) < 4.78 is 30.7. The molecule has 0 saturated carbocycles. The number of nitrogens with zero attached hydrogens (tertiary/aromatic N) is 2. The molecule has 1 heterocycles. The normalized spacial score (nSPS) is 12.4. The van der Waals surface area contributed by atoms with Gasteiger partial charge in [-0.1, -0.05) is 44.2 Å². The highest BCUT2D eigenvalue weighted by Gasteiger charge is 2.19. The van der Waals surface area contributed by atoms with Crippen molar-refractivity contribution in [3.63, 3.8) is 0 Å². The second-order valence-electron chi connectivity index (χ2n) is 7.42. The van der Waals surface area contributed by atoms with Crippen LogP contribution in [0.1, 0.15) is 42.9 Å². The van der Waals surface area contributed by atoms with Gasteiger partial charge in [0, 0.05) is 11.9 Å². The Morgan fingerprint density at radius 1 is 1.10 bits per heavy atom. The highest BCUT2D eigenvalue weighted by atomic mass is 19.3. The van der Waals surface area contributed by atoms with E-state index in [0.29, 0.717) is 22.9 Å². The van der Waals surface area contributed by atoms with Gasteiger partial charge >= 0.3 is 6.61 Å². The second kappa shape index (κ2) is 9.02.